The van der Waals surface area contributed by atoms with E-state index in [0.717, 1.165) is 19.4 Å². The Bertz CT molecular complexity index is 538. The van der Waals surface area contributed by atoms with E-state index < -0.39 is 0 Å². The molecule has 1 saturated heterocycles. The van der Waals surface area contributed by atoms with Gasteiger partial charge in [0.05, 0.1) is 6.04 Å². The highest BCUT2D eigenvalue weighted by Crippen LogP contribution is 2.21. The van der Waals surface area contributed by atoms with Crippen molar-refractivity contribution < 1.29 is 9.59 Å². The largest absolute Gasteiger partial charge is 0.335 e. The first-order chi connectivity index (χ1) is 9.74. The van der Waals surface area contributed by atoms with Crippen LogP contribution in [-0.4, -0.2) is 50.3 Å². The van der Waals surface area contributed by atoms with Crippen LogP contribution in [0.2, 0.25) is 0 Å². The van der Waals surface area contributed by atoms with Gasteiger partial charge in [0.15, 0.2) is 0 Å². The molecule has 1 fully saturated rings. The molecule has 2 amide bonds. The van der Waals surface area contributed by atoms with Gasteiger partial charge >= 0.3 is 0 Å². The fourth-order valence-electron chi connectivity index (χ4n) is 2.57. The second-order valence-corrected chi connectivity index (χ2v) is 5.02. The first kappa shape index (κ1) is 12.8. The molecule has 1 unspecified atom stereocenters. The van der Waals surface area contributed by atoms with E-state index >= 15 is 0 Å². The van der Waals surface area contributed by atoms with E-state index in [4.69, 9.17) is 0 Å². The lowest BCUT2D eigenvalue weighted by Gasteiger charge is -2.33. The molecule has 106 valence electrons. The minimum Gasteiger partial charge on any atom is -0.335 e. The Hall–Kier alpha value is -2.25. The van der Waals surface area contributed by atoms with Crippen molar-refractivity contribution in [2.45, 2.75) is 31.7 Å². The quantitative estimate of drug-likeness (QED) is 0.803. The Labute approximate surface area is 115 Å². The molecule has 0 aromatic carbocycles. The first-order valence-corrected chi connectivity index (χ1v) is 6.73. The molecule has 0 aliphatic carbocycles. The topological polar surface area (TPSA) is 92.5 Å². The normalized spacial score (nSPS) is 23.2. The van der Waals surface area contributed by atoms with E-state index in [0.29, 0.717) is 25.1 Å². The number of hydrogen-bond acceptors (Lipinski definition) is 5. The number of likely N-dealkylation sites (tertiary alicyclic amines) is 1. The molecule has 0 spiro atoms. The summed E-state index contributed by atoms with van der Waals surface area (Å²) in [5.41, 5.74) is 2.80. The molecule has 0 bridgehead atoms. The molecule has 2 aliphatic heterocycles. The number of carbonyl (C=O) groups is 2. The molecule has 0 radical (unpaired) electrons. The predicted molar refractivity (Wildman–Crippen MR) is 69.7 cm³/mol. The maximum Gasteiger partial charge on any atom is 0.270 e. The summed E-state index contributed by atoms with van der Waals surface area (Å²) in [6.07, 6.45) is 5.82. The minimum absolute atomic E-state index is 0.0881. The van der Waals surface area contributed by atoms with Gasteiger partial charge in [-0.05, 0) is 12.8 Å². The SMILES string of the molecule is O=C1CCC(C(=O)N2CCCC(n3cncn3)C2)=NN1. The number of rotatable bonds is 2. The van der Waals surface area contributed by atoms with Gasteiger partial charge in [-0.1, -0.05) is 0 Å². The molecule has 2 aliphatic rings. The van der Waals surface area contributed by atoms with Crippen LogP contribution in [0.4, 0.5) is 0 Å². The fourth-order valence-corrected chi connectivity index (χ4v) is 2.57. The highest BCUT2D eigenvalue weighted by molar-refractivity contribution is 6.39. The van der Waals surface area contributed by atoms with Crippen molar-refractivity contribution in [1.29, 1.82) is 0 Å². The van der Waals surface area contributed by atoms with E-state index in [1.807, 2.05) is 0 Å². The lowest BCUT2D eigenvalue weighted by Crippen LogP contribution is -2.45. The van der Waals surface area contributed by atoms with Gasteiger partial charge in [-0.2, -0.15) is 10.2 Å². The summed E-state index contributed by atoms with van der Waals surface area (Å²) in [6, 6.07) is 0.161. The van der Waals surface area contributed by atoms with Crippen LogP contribution < -0.4 is 5.43 Å². The Morgan fingerprint density at radius 1 is 1.40 bits per heavy atom. The molecule has 1 aromatic rings. The van der Waals surface area contributed by atoms with E-state index in [2.05, 4.69) is 20.6 Å². The Balaban J connectivity index is 1.67. The second kappa shape index (κ2) is 5.40. The van der Waals surface area contributed by atoms with Gasteiger partial charge in [0.2, 0.25) is 5.91 Å². The summed E-state index contributed by atoms with van der Waals surface area (Å²) in [6.45, 7) is 1.33. The maximum atomic E-state index is 12.4. The summed E-state index contributed by atoms with van der Waals surface area (Å²) in [7, 11) is 0. The van der Waals surface area contributed by atoms with Gasteiger partial charge in [0.1, 0.15) is 18.4 Å². The second-order valence-electron chi connectivity index (χ2n) is 5.02. The molecule has 1 atom stereocenters. The summed E-state index contributed by atoms with van der Waals surface area (Å²) in [5, 5.41) is 8.00. The molecule has 1 aromatic heterocycles. The van der Waals surface area contributed by atoms with Gasteiger partial charge in [-0.3, -0.25) is 9.59 Å². The molecule has 3 rings (SSSR count). The standard InChI is InChI=1S/C12H16N6O2/c19-11-4-3-10(15-16-11)12(20)17-5-1-2-9(6-17)18-8-13-7-14-18/h7-9H,1-6H2,(H,16,19). The Kier molecular flexibility index (Phi) is 3.44. The highest BCUT2D eigenvalue weighted by Gasteiger charge is 2.29. The average Bonchev–Trinajstić information content (AvgIpc) is 3.02. The zero-order valence-electron chi connectivity index (χ0n) is 11.0. The molecular formula is C12H16N6O2. The number of hydrogen-bond donors (Lipinski definition) is 1. The third-order valence-corrected chi connectivity index (χ3v) is 3.65. The minimum atomic E-state index is -0.138. The van der Waals surface area contributed by atoms with Crippen molar-refractivity contribution in [2.24, 2.45) is 5.10 Å². The zero-order chi connectivity index (χ0) is 13.9. The number of aromatic nitrogens is 3. The van der Waals surface area contributed by atoms with Crippen molar-refractivity contribution in [3.05, 3.63) is 12.7 Å². The van der Waals surface area contributed by atoms with Crippen molar-refractivity contribution in [1.82, 2.24) is 25.1 Å². The number of carbonyl (C=O) groups excluding carboxylic acids is 2. The molecule has 8 heteroatoms. The van der Waals surface area contributed by atoms with Crippen LogP contribution in [0.15, 0.2) is 17.8 Å². The average molecular weight is 276 g/mol. The van der Waals surface area contributed by atoms with Crippen molar-refractivity contribution in [3.63, 3.8) is 0 Å². The predicted octanol–water partition coefficient (Wildman–Crippen LogP) is -0.292. The van der Waals surface area contributed by atoms with Crippen LogP contribution >= 0.6 is 0 Å². The van der Waals surface area contributed by atoms with E-state index in [1.165, 1.54) is 6.33 Å². The van der Waals surface area contributed by atoms with Crippen LogP contribution in [-0.2, 0) is 9.59 Å². The van der Waals surface area contributed by atoms with Crippen LogP contribution in [0.1, 0.15) is 31.7 Å². The van der Waals surface area contributed by atoms with Crippen LogP contribution in [0, 0.1) is 0 Å². The fraction of sp³-hybridized carbons (Fsp3) is 0.583. The van der Waals surface area contributed by atoms with Crippen molar-refractivity contribution in [3.8, 4) is 0 Å². The summed E-state index contributed by atoms with van der Waals surface area (Å²) >= 11 is 0. The van der Waals surface area contributed by atoms with E-state index in [9.17, 15) is 9.59 Å². The smallest absolute Gasteiger partial charge is 0.270 e. The Morgan fingerprint density at radius 2 is 2.30 bits per heavy atom. The third-order valence-electron chi connectivity index (χ3n) is 3.65. The monoisotopic (exact) mass is 276 g/mol. The number of nitrogens with zero attached hydrogens (tertiary/aromatic N) is 5. The maximum absolute atomic E-state index is 12.4. The van der Waals surface area contributed by atoms with Crippen molar-refractivity contribution >= 4 is 17.5 Å². The zero-order valence-corrected chi connectivity index (χ0v) is 11.0. The summed E-state index contributed by atoms with van der Waals surface area (Å²) in [5.74, 6) is -0.226. The molecule has 1 N–H and O–H groups in total. The van der Waals surface area contributed by atoms with Gasteiger partial charge in [0, 0.05) is 25.9 Å². The number of hydrazone groups is 1. The molecule has 3 heterocycles. The van der Waals surface area contributed by atoms with Crippen LogP contribution in [0.3, 0.4) is 0 Å². The van der Waals surface area contributed by atoms with Gasteiger partial charge < -0.3 is 4.90 Å². The number of piperidine rings is 1. The van der Waals surface area contributed by atoms with Crippen molar-refractivity contribution in [2.75, 3.05) is 13.1 Å². The van der Waals surface area contributed by atoms with E-state index in [-0.39, 0.29) is 17.9 Å². The van der Waals surface area contributed by atoms with Gasteiger partial charge in [-0.25, -0.2) is 15.1 Å². The molecule has 20 heavy (non-hydrogen) atoms. The van der Waals surface area contributed by atoms with Gasteiger partial charge in [-0.15, -0.1) is 0 Å². The molecule has 8 nitrogen and oxygen atoms in total. The lowest BCUT2D eigenvalue weighted by molar-refractivity contribution is -0.126. The lowest BCUT2D eigenvalue weighted by atomic mass is 10.0. The number of nitrogens with one attached hydrogen (secondary N) is 1. The molecule has 0 saturated carbocycles. The molecular weight excluding hydrogens is 260 g/mol. The number of amides is 2. The summed E-state index contributed by atoms with van der Waals surface area (Å²) < 4.78 is 1.80. The highest BCUT2D eigenvalue weighted by atomic mass is 16.2. The van der Waals surface area contributed by atoms with Gasteiger partial charge in [0.25, 0.3) is 5.91 Å². The summed E-state index contributed by atoms with van der Waals surface area (Å²) in [4.78, 5) is 29.2. The third kappa shape index (κ3) is 2.54. The first-order valence-electron chi connectivity index (χ1n) is 6.73. The van der Waals surface area contributed by atoms with Crippen LogP contribution in [0.25, 0.3) is 0 Å². The van der Waals surface area contributed by atoms with Crippen LogP contribution in [0.5, 0.6) is 0 Å². The Morgan fingerprint density at radius 3 is 3.00 bits per heavy atom. The van der Waals surface area contributed by atoms with E-state index in [1.54, 1.807) is 15.9 Å².